The van der Waals surface area contributed by atoms with Crippen molar-refractivity contribution < 1.29 is 4.74 Å². The van der Waals surface area contributed by atoms with E-state index in [1.54, 1.807) is 0 Å². The fourth-order valence-corrected chi connectivity index (χ4v) is 3.45. The van der Waals surface area contributed by atoms with Crippen molar-refractivity contribution in [3.05, 3.63) is 42.4 Å². The van der Waals surface area contributed by atoms with Crippen LogP contribution in [0.25, 0.3) is 0 Å². The number of ether oxygens (including phenoxy) is 1. The largest absolute Gasteiger partial charge is 0.378 e. The second-order valence-electron chi connectivity index (χ2n) is 6.71. The lowest BCUT2D eigenvalue weighted by Crippen LogP contribution is -2.47. The van der Waals surface area contributed by atoms with Gasteiger partial charge in [0.25, 0.3) is 0 Å². The van der Waals surface area contributed by atoms with Gasteiger partial charge in [-0.15, -0.1) is 0 Å². The van der Waals surface area contributed by atoms with Gasteiger partial charge in [0, 0.05) is 70.3 Å². The first-order valence-electron chi connectivity index (χ1n) is 9.41. The third-order valence-corrected chi connectivity index (χ3v) is 5.03. The number of aromatic nitrogens is 3. The van der Waals surface area contributed by atoms with Crippen molar-refractivity contribution in [1.82, 2.24) is 19.9 Å². The fourth-order valence-electron chi connectivity index (χ4n) is 3.45. The van der Waals surface area contributed by atoms with Crippen LogP contribution in [0, 0.1) is 0 Å². The van der Waals surface area contributed by atoms with Crippen LogP contribution in [0.15, 0.2) is 36.7 Å². The zero-order valence-electron chi connectivity index (χ0n) is 15.1. The van der Waals surface area contributed by atoms with E-state index < -0.39 is 0 Å². The van der Waals surface area contributed by atoms with E-state index in [0.717, 1.165) is 77.2 Å². The fraction of sp³-hybridized carbons (Fsp3) is 0.526. The third kappa shape index (κ3) is 4.28. The Balaban J connectivity index is 1.30. The summed E-state index contributed by atoms with van der Waals surface area (Å²) >= 11 is 0. The number of anilines is 2. The van der Waals surface area contributed by atoms with E-state index in [9.17, 15) is 0 Å². The van der Waals surface area contributed by atoms with Crippen molar-refractivity contribution in [1.29, 1.82) is 0 Å². The molecule has 0 spiro atoms. The summed E-state index contributed by atoms with van der Waals surface area (Å²) in [5.74, 6) is 1.86. The molecule has 0 unspecified atom stereocenters. The van der Waals surface area contributed by atoms with Gasteiger partial charge in [0.15, 0.2) is 0 Å². The molecule has 7 nitrogen and oxygen atoms in total. The van der Waals surface area contributed by atoms with E-state index >= 15 is 0 Å². The standard InChI is InChI=1S/C19H26N6O/c1-2-6-20-17(3-1)5-8-23-9-11-24(12-10-23)18-4-7-21-19(22-18)25-13-15-26-16-14-25/h1-4,6-7H,5,8-16H2. The predicted molar refractivity (Wildman–Crippen MR) is 102 cm³/mol. The summed E-state index contributed by atoms with van der Waals surface area (Å²) in [5.41, 5.74) is 1.17. The van der Waals surface area contributed by atoms with E-state index in [2.05, 4.69) is 36.8 Å². The highest BCUT2D eigenvalue weighted by Crippen LogP contribution is 2.17. The van der Waals surface area contributed by atoms with Gasteiger partial charge in [0.2, 0.25) is 5.95 Å². The number of morpholine rings is 1. The molecule has 0 radical (unpaired) electrons. The van der Waals surface area contributed by atoms with Crippen LogP contribution in [0.1, 0.15) is 5.69 Å². The van der Waals surface area contributed by atoms with Crippen LogP contribution in [0.4, 0.5) is 11.8 Å². The van der Waals surface area contributed by atoms with E-state index in [0.29, 0.717) is 0 Å². The lowest BCUT2D eigenvalue weighted by Gasteiger charge is -2.35. The summed E-state index contributed by atoms with van der Waals surface area (Å²) in [4.78, 5) is 20.7. The number of pyridine rings is 1. The van der Waals surface area contributed by atoms with Gasteiger partial charge in [-0.2, -0.15) is 4.98 Å². The van der Waals surface area contributed by atoms with Crippen LogP contribution >= 0.6 is 0 Å². The van der Waals surface area contributed by atoms with Crippen LogP contribution in [0.2, 0.25) is 0 Å². The number of hydrogen-bond acceptors (Lipinski definition) is 7. The van der Waals surface area contributed by atoms with Crippen molar-refractivity contribution in [2.75, 3.05) is 68.8 Å². The molecular formula is C19H26N6O. The molecule has 2 saturated heterocycles. The zero-order valence-corrected chi connectivity index (χ0v) is 15.1. The van der Waals surface area contributed by atoms with Crippen molar-refractivity contribution >= 4 is 11.8 Å². The molecular weight excluding hydrogens is 328 g/mol. The molecule has 7 heteroatoms. The molecule has 26 heavy (non-hydrogen) atoms. The molecule has 4 heterocycles. The number of hydrogen-bond donors (Lipinski definition) is 0. The highest BCUT2D eigenvalue weighted by Gasteiger charge is 2.20. The second-order valence-corrected chi connectivity index (χ2v) is 6.71. The first-order valence-corrected chi connectivity index (χ1v) is 9.41. The topological polar surface area (TPSA) is 57.6 Å². The Hall–Kier alpha value is -2.25. The summed E-state index contributed by atoms with van der Waals surface area (Å²) in [5, 5.41) is 0. The van der Waals surface area contributed by atoms with Crippen LogP contribution in [-0.2, 0) is 11.2 Å². The molecule has 0 aliphatic carbocycles. The molecule has 0 aromatic carbocycles. The van der Waals surface area contributed by atoms with Gasteiger partial charge in [0.05, 0.1) is 13.2 Å². The molecule has 2 aliphatic rings. The monoisotopic (exact) mass is 354 g/mol. The summed E-state index contributed by atoms with van der Waals surface area (Å²) < 4.78 is 5.42. The summed E-state index contributed by atoms with van der Waals surface area (Å²) in [7, 11) is 0. The Kier molecular flexibility index (Phi) is 5.56. The maximum atomic E-state index is 5.42. The molecule has 0 saturated carbocycles. The molecule has 2 aromatic rings. The lowest BCUT2D eigenvalue weighted by molar-refractivity contribution is 0.122. The normalized spacial score (nSPS) is 18.9. The van der Waals surface area contributed by atoms with Gasteiger partial charge < -0.3 is 14.5 Å². The second kappa shape index (κ2) is 8.42. The van der Waals surface area contributed by atoms with E-state index in [1.807, 2.05) is 24.5 Å². The highest BCUT2D eigenvalue weighted by molar-refractivity contribution is 5.44. The van der Waals surface area contributed by atoms with Gasteiger partial charge in [-0.1, -0.05) is 6.07 Å². The van der Waals surface area contributed by atoms with Crippen molar-refractivity contribution in [3.8, 4) is 0 Å². The Morgan fingerprint density at radius 1 is 0.846 bits per heavy atom. The van der Waals surface area contributed by atoms with Crippen LogP contribution in [-0.4, -0.2) is 78.9 Å². The van der Waals surface area contributed by atoms with Gasteiger partial charge in [-0.05, 0) is 18.2 Å². The van der Waals surface area contributed by atoms with Gasteiger partial charge in [-0.25, -0.2) is 4.98 Å². The van der Waals surface area contributed by atoms with Gasteiger partial charge in [-0.3, -0.25) is 9.88 Å². The van der Waals surface area contributed by atoms with Crippen LogP contribution < -0.4 is 9.80 Å². The Bertz CT molecular complexity index is 683. The minimum absolute atomic E-state index is 0.753. The van der Waals surface area contributed by atoms with Crippen LogP contribution in [0.3, 0.4) is 0 Å². The average Bonchev–Trinajstić information content (AvgIpc) is 2.74. The highest BCUT2D eigenvalue weighted by atomic mass is 16.5. The van der Waals surface area contributed by atoms with Crippen molar-refractivity contribution in [3.63, 3.8) is 0 Å². The SMILES string of the molecule is c1ccc(CCN2CCN(c3ccnc(N4CCOCC4)n3)CC2)nc1. The van der Waals surface area contributed by atoms with Gasteiger partial charge >= 0.3 is 0 Å². The summed E-state index contributed by atoms with van der Waals surface area (Å²) in [6.45, 7) is 8.42. The molecule has 2 fully saturated rings. The van der Waals surface area contributed by atoms with E-state index in [4.69, 9.17) is 9.72 Å². The molecule has 2 aromatic heterocycles. The van der Waals surface area contributed by atoms with Gasteiger partial charge in [0.1, 0.15) is 5.82 Å². The Morgan fingerprint density at radius 3 is 2.46 bits per heavy atom. The molecule has 4 rings (SSSR count). The van der Waals surface area contributed by atoms with E-state index in [1.165, 1.54) is 5.69 Å². The quantitative estimate of drug-likeness (QED) is 0.796. The summed E-state index contributed by atoms with van der Waals surface area (Å²) in [6.07, 6.45) is 4.75. The maximum Gasteiger partial charge on any atom is 0.227 e. The smallest absolute Gasteiger partial charge is 0.227 e. The number of piperazine rings is 1. The summed E-state index contributed by atoms with van der Waals surface area (Å²) in [6, 6.07) is 8.15. The molecule has 138 valence electrons. The Morgan fingerprint density at radius 2 is 1.69 bits per heavy atom. The maximum absolute atomic E-state index is 5.42. The number of nitrogens with zero attached hydrogens (tertiary/aromatic N) is 6. The molecule has 2 aliphatic heterocycles. The zero-order chi connectivity index (χ0) is 17.6. The minimum Gasteiger partial charge on any atom is -0.378 e. The molecule has 0 atom stereocenters. The molecule has 0 amide bonds. The van der Waals surface area contributed by atoms with Crippen molar-refractivity contribution in [2.24, 2.45) is 0 Å². The van der Waals surface area contributed by atoms with Crippen LogP contribution in [0.5, 0.6) is 0 Å². The first-order chi connectivity index (χ1) is 12.9. The minimum atomic E-state index is 0.753. The van der Waals surface area contributed by atoms with Crippen molar-refractivity contribution in [2.45, 2.75) is 6.42 Å². The van der Waals surface area contributed by atoms with E-state index in [-0.39, 0.29) is 0 Å². The molecule has 0 bridgehead atoms. The third-order valence-electron chi connectivity index (χ3n) is 5.03. The number of rotatable bonds is 5. The lowest BCUT2D eigenvalue weighted by atomic mass is 10.2. The molecule has 0 N–H and O–H groups in total. The predicted octanol–water partition coefficient (Wildman–Crippen LogP) is 1.07. The average molecular weight is 354 g/mol. The Labute approximate surface area is 154 Å². The first kappa shape index (κ1) is 17.2.